The Morgan fingerprint density at radius 1 is 1.37 bits per heavy atom. The summed E-state index contributed by atoms with van der Waals surface area (Å²) in [4.78, 5) is 25.3. The van der Waals surface area contributed by atoms with Crippen LogP contribution in [-0.4, -0.2) is 47.1 Å². The number of carbonyl (C=O) groups excluding carboxylic acids is 1. The summed E-state index contributed by atoms with van der Waals surface area (Å²) in [5, 5.41) is 12.2. The van der Waals surface area contributed by atoms with Gasteiger partial charge in [-0.05, 0) is 38.1 Å². The number of carboxylic acids is 1. The van der Waals surface area contributed by atoms with Gasteiger partial charge >= 0.3 is 5.97 Å². The lowest BCUT2D eigenvalue weighted by Gasteiger charge is -2.40. The Kier molecular flexibility index (Phi) is 5.79. The molecule has 0 radical (unpaired) electrons. The number of nitrogens with zero attached hydrogens (tertiary/aromatic N) is 1. The second-order valence-corrected chi connectivity index (χ2v) is 5.96. The smallest absolute Gasteiger partial charge is 0.321 e. The van der Waals surface area contributed by atoms with Crippen LogP contribution in [0.1, 0.15) is 40.5 Å². The van der Waals surface area contributed by atoms with Crippen molar-refractivity contribution in [2.24, 2.45) is 11.8 Å². The molecule has 19 heavy (non-hydrogen) atoms. The first kappa shape index (κ1) is 16.0. The van der Waals surface area contributed by atoms with Gasteiger partial charge in [0.1, 0.15) is 6.04 Å². The molecular weight excluding hydrogens is 244 g/mol. The lowest BCUT2D eigenvalue weighted by atomic mass is 9.89. The number of hydrogen-bond donors (Lipinski definition) is 2. The molecule has 0 spiro atoms. The summed E-state index contributed by atoms with van der Waals surface area (Å²) >= 11 is 0. The summed E-state index contributed by atoms with van der Waals surface area (Å²) in [6, 6.07) is -0.934. The fourth-order valence-corrected chi connectivity index (χ4v) is 2.64. The van der Waals surface area contributed by atoms with Gasteiger partial charge in [-0.2, -0.15) is 0 Å². The molecule has 0 aromatic carbocycles. The number of nitrogens with one attached hydrogen (secondary N) is 1. The average Bonchev–Trinajstić information content (AvgIpc) is 2.34. The lowest BCUT2D eigenvalue weighted by Crippen LogP contribution is -2.57. The quantitative estimate of drug-likeness (QED) is 0.791. The van der Waals surface area contributed by atoms with Crippen molar-refractivity contribution in [2.75, 3.05) is 13.1 Å². The fourth-order valence-electron chi connectivity index (χ4n) is 2.64. The number of piperidine rings is 1. The van der Waals surface area contributed by atoms with E-state index in [1.165, 1.54) is 0 Å². The van der Waals surface area contributed by atoms with Gasteiger partial charge in [-0.3, -0.25) is 14.5 Å². The minimum Gasteiger partial charge on any atom is -0.480 e. The van der Waals surface area contributed by atoms with E-state index >= 15 is 0 Å². The average molecular weight is 270 g/mol. The van der Waals surface area contributed by atoms with Crippen molar-refractivity contribution in [3.05, 3.63) is 0 Å². The summed E-state index contributed by atoms with van der Waals surface area (Å²) < 4.78 is 0. The number of rotatable bonds is 5. The van der Waals surface area contributed by atoms with Crippen LogP contribution in [0.2, 0.25) is 0 Å². The predicted octanol–water partition coefficient (Wildman–Crippen LogP) is 1.33. The van der Waals surface area contributed by atoms with Gasteiger partial charge in [-0.15, -0.1) is 0 Å². The fraction of sp³-hybridized carbons (Fsp3) is 0.857. The standard InChI is InChI=1S/C14H26N2O3/c1-9(2)8-15-13(17)11(4)16-7-5-6-10(3)12(16)14(18)19/h9-12H,5-8H2,1-4H3,(H,15,17)(H,18,19). The normalized spacial score (nSPS) is 26.2. The summed E-state index contributed by atoms with van der Waals surface area (Å²) in [6.07, 6.45) is 1.86. The van der Waals surface area contributed by atoms with Crippen LogP contribution in [0.5, 0.6) is 0 Å². The van der Waals surface area contributed by atoms with Gasteiger partial charge in [0.25, 0.3) is 0 Å². The maximum atomic E-state index is 12.1. The van der Waals surface area contributed by atoms with Gasteiger partial charge in [0, 0.05) is 6.54 Å². The van der Waals surface area contributed by atoms with Crippen LogP contribution in [-0.2, 0) is 9.59 Å². The van der Waals surface area contributed by atoms with Crippen LogP contribution in [0.4, 0.5) is 0 Å². The molecule has 0 aromatic rings. The van der Waals surface area contributed by atoms with Crippen LogP contribution in [0, 0.1) is 11.8 Å². The third-order valence-corrected chi connectivity index (χ3v) is 3.79. The molecule has 0 saturated carbocycles. The Morgan fingerprint density at radius 3 is 2.53 bits per heavy atom. The Morgan fingerprint density at radius 2 is 2.00 bits per heavy atom. The zero-order chi connectivity index (χ0) is 14.6. The number of aliphatic carboxylic acids is 1. The minimum atomic E-state index is -0.823. The van der Waals surface area contributed by atoms with E-state index in [0.29, 0.717) is 19.0 Å². The topological polar surface area (TPSA) is 69.6 Å². The van der Waals surface area contributed by atoms with Gasteiger partial charge in [-0.1, -0.05) is 20.8 Å². The first-order valence-corrected chi connectivity index (χ1v) is 7.10. The van der Waals surface area contributed by atoms with Crippen molar-refractivity contribution in [1.82, 2.24) is 10.2 Å². The molecule has 3 atom stereocenters. The molecule has 1 rings (SSSR count). The third-order valence-electron chi connectivity index (χ3n) is 3.79. The van der Waals surface area contributed by atoms with Crippen LogP contribution in [0.3, 0.4) is 0 Å². The summed E-state index contributed by atoms with van der Waals surface area (Å²) in [5.41, 5.74) is 0. The van der Waals surface area contributed by atoms with Gasteiger partial charge in [0.2, 0.25) is 5.91 Å². The van der Waals surface area contributed by atoms with Crippen molar-refractivity contribution in [3.63, 3.8) is 0 Å². The van der Waals surface area contributed by atoms with E-state index in [1.807, 2.05) is 25.7 Å². The highest BCUT2D eigenvalue weighted by atomic mass is 16.4. The molecule has 5 heteroatoms. The predicted molar refractivity (Wildman–Crippen MR) is 73.8 cm³/mol. The highest BCUT2D eigenvalue weighted by Crippen LogP contribution is 2.25. The van der Waals surface area contributed by atoms with Gasteiger partial charge in [-0.25, -0.2) is 0 Å². The Balaban J connectivity index is 2.69. The molecule has 1 aliphatic heterocycles. The number of likely N-dealkylation sites (tertiary alicyclic amines) is 1. The molecule has 1 fully saturated rings. The zero-order valence-corrected chi connectivity index (χ0v) is 12.3. The first-order valence-electron chi connectivity index (χ1n) is 7.10. The Bertz CT molecular complexity index is 331. The number of hydrogen-bond acceptors (Lipinski definition) is 3. The van der Waals surface area contributed by atoms with E-state index in [2.05, 4.69) is 5.32 Å². The van der Waals surface area contributed by atoms with Crippen LogP contribution in [0.15, 0.2) is 0 Å². The van der Waals surface area contributed by atoms with E-state index in [1.54, 1.807) is 6.92 Å². The number of amides is 1. The molecule has 2 N–H and O–H groups in total. The van der Waals surface area contributed by atoms with Crippen molar-refractivity contribution < 1.29 is 14.7 Å². The second kappa shape index (κ2) is 6.89. The number of carbonyl (C=O) groups is 2. The first-order chi connectivity index (χ1) is 8.84. The van der Waals surface area contributed by atoms with Gasteiger partial charge in [0.15, 0.2) is 0 Å². The highest BCUT2D eigenvalue weighted by molar-refractivity contribution is 5.82. The summed E-state index contributed by atoms with van der Waals surface area (Å²) in [6.45, 7) is 9.12. The maximum absolute atomic E-state index is 12.1. The van der Waals surface area contributed by atoms with E-state index in [0.717, 1.165) is 12.8 Å². The Labute approximate surface area is 115 Å². The SMILES string of the molecule is CC(C)CNC(=O)C(C)N1CCCC(C)C1C(=O)O. The maximum Gasteiger partial charge on any atom is 0.321 e. The van der Waals surface area contributed by atoms with Crippen molar-refractivity contribution >= 4 is 11.9 Å². The molecule has 0 aliphatic carbocycles. The lowest BCUT2D eigenvalue weighted by molar-refractivity contribution is -0.149. The van der Waals surface area contributed by atoms with Gasteiger partial charge < -0.3 is 10.4 Å². The van der Waals surface area contributed by atoms with Crippen molar-refractivity contribution in [2.45, 2.75) is 52.6 Å². The van der Waals surface area contributed by atoms with Crippen molar-refractivity contribution in [3.8, 4) is 0 Å². The molecule has 5 nitrogen and oxygen atoms in total. The largest absolute Gasteiger partial charge is 0.480 e. The molecule has 1 amide bonds. The molecule has 3 unspecified atom stereocenters. The van der Waals surface area contributed by atoms with Crippen LogP contribution >= 0.6 is 0 Å². The minimum absolute atomic E-state index is 0.0750. The molecular formula is C14H26N2O3. The number of carboxylic acid groups (broad SMARTS) is 1. The van der Waals surface area contributed by atoms with E-state index < -0.39 is 12.0 Å². The molecule has 1 saturated heterocycles. The third kappa shape index (κ3) is 4.20. The molecule has 0 aromatic heterocycles. The van der Waals surface area contributed by atoms with E-state index in [-0.39, 0.29) is 17.9 Å². The summed E-state index contributed by atoms with van der Waals surface area (Å²) in [5.74, 6) is -0.414. The van der Waals surface area contributed by atoms with E-state index in [9.17, 15) is 14.7 Å². The Hall–Kier alpha value is -1.10. The monoisotopic (exact) mass is 270 g/mol. The van der Waals surface area contributed by atoms with Gasteiger partial charge in [0.05, 0.1) is 6.04 Å². The van der Waals surface area contributed by atoms with E-state index in [4.69, 9.17) is 0 Å². The summed E-state index contributed by atoms with van der Waals surface area (Å²) in [7, 11) is 0. The molecule has 1 heterocycles. The van der Waals surface area contributed by atoms with Crippen LogP contribution in [0.25, 0.3) is 0 Å². The van der Waals surface area contributed by atoms with Crippen LogP contribution < -0.4 is 5.32 Å². The highest BCUT2D eigenvalue weighted by Gasteiger charge is 2.38. The molecule has 0 bridgehead atoms. The molecule has 1 aliphatic rings. The zero-order valence-electron chi connectivity index (χ0n) is 12.3. The molecule has 110 valence electrons. The van der Waals surface area contributed by atoms with Crippen molar-refractivity contribution in [1.29, 1.82) is 0 Å². The second-order valence-electron chi connectivity index (χ2n) is 5.96.